The van der Waals surface area contributed by atoms with Crippen molar-refractivity contribution in [1.82, 2.24) is 5.01 Å². The van der Waals surface area contributed by atoms with Gasteiger partial charge in [0, 0.05) is 22.7 Å². The minimum atomic E-state index is -3.11. The van der Waals surface area contributed by atoms with E-state index in [9.17, 15) is 18.7 Å². The SMILES string of the molecule is CC1=NN(C(=O)c2ccc(Cl)cc2)C(O)(C(F)F)C1. The first-order chi connectivity index (χ1) is 8.84. The number of halogens is 3. The van der Waals surface area contributed by atoms with Crippen molar-refractivity contribution in [2.45, 2.75) is 25.5 Å². The zero-order chi connectivity index (χ0) is 14.2. The standard InChI is InChI=1S/C12H11ClF2N2O2/c1-7-6-12(19,11(14)15)17(16-7)10(18)8-2-4-9(13)5-3-8/h2-5,11,19H,6H2,1H3. The number of nitrogens with zero attached hydrogens (tertiary/aromatic N) is 2. The average Bonchev–Trinajstić information content (AvgIpc) is 2.66. The number of hydrogen-bond donors (Lipinski definition) is 1. The lowest BCUT2D eigenvalue weighted by molar-refractivity contribution is -0.164. The van der Waals surface area contributed by atoms with Gasteiger partial charge in [-0.1, -0.05) is 11.6 Å². The van der Waals surface area contributed by atoms with Crippen molar-refractivity contribution in [2.24, 2.45) is 5.10 Å². The molecule has 1 aromatic rings. The molecule has 1 aliphatic rings. The second-order valence-electron chi connectivity index (χ2n) is 4.32. The van der Waals surface area contributed by atoms with Gasteiger partial charge in [0.1, 0.15) is 0 Å². The third-order valence-electron chi connectivity index (χ3n) is 2.79. The number of rotatable bonds is 2. The highest BCUT2D eigenvalue weighted by Gasteiger charge is 2.51. The van der Waals surface area contributed by atoms with Crippen LogP contribution in [0.3, 0.4) is 0 Å². The van der Waals surface area contributed by atoms with Crippen LogP contribution in [-0.2, 0) is 0 Å². The molecule has 1 atom stereocenters. The first-order valence-electron chi connectivity index (χ1n) is 5.49. The fourth-order valence-corrected chi connectivity index (χ4v) is 1.98. The number of amides is 1. The maximum absolute atomic E-state index is 12.9. The van der Waals surface area contributed by atoms with Crippen LogP contribution in [0.15, 0.2) is 29.4 Å². The third kappa shape index (κ3) is 2.46. The van der Waals surface area contributed by atoms with Crippen LogP contribution in [0.5, 0.6) is 0 Å². The van der Waals surface area contributed by atoms with Crippen molar-refractivity contribution in [1.29, 1.82) is 0 Å². The molecule has 4 nitrogen and oxygen atoms in total. The van der Waals surface area contributed by atoms with Crippen LogP contribution in [-0.4, -0.2) is 33.9 Å². The van der Waals surface area contributed by atoms with E-state index in [-0.39, 0.29) is 17.7 Å². The normalized spacial score (nSPS) is 22.8. The van der Waals surface area contributed by atoms with Crippen molar-refractivity contribution in [3.63, 3.8) is 0 Å². The molecule has 0 aliphatic carbocycles. The summed E-state index contributed by atoms with van der Waals surface area (Å²) < 4.78 is 25.9. The van der Waals surface area contributed by atoms with Crippen LogP contribution in [0.1, 0.15) is 23.7 Å². The number of alkyl halides is 2. The highest BCUT2D eigenvalue weighted by molar-refractivity contribution is 6.30. The van der Waals surface area contributed by atoms with Crippen molar-refractivity contribution >= 4 is 23.2 Å². The van der Waals surface area contributed by atoms with E-state index >= 15 is 0 Å². The highest BCUT2D eigenvalue weighted by Crippen LogP contribution is 2.32. The number of benzene rings is 1. The Hall–Kier alpha value is -1.53. The fourth-order valence-electron chi connectivity index (χ4n) is 1.85. The van der Waals surface area contributed by atoms with E-state index in [1.54, 1.807) is 0 Å². The summed E-state index contributed by atoms with van der Waals surface area (Å²) in [5, 5.41) is 14.5. The van der Waals surface area contributed by atoms with Crippen LogP contribution in [0, 0.1) is 0 Å². The van der Waals surface area contributed by atoms with Crippen LogP contribution in [0.2, 0.25) is 5.02 Å². The van der Waals surface area contributed by atoms with Gasteiger partial charge in [-0.2, -0.15) is 10.1 Å². The molecule has 1 N–H and O–H groups in total. The van der Waals surface area contributed by atoms with Gasteiger partial charge in [0.15, 0.2) is 0 Å². The molecule has 0 aromatic heterocycles. The molecule has 1 aliphatic heterocycles. The smallest absolute Gasteiger partial charge is 0.287 e. The molecule has 0 bridgehead atoms. The summed E-state index contributed by atoms with van der Waals surface area (Å²) >= 11 is 5.68. The predicted octanol–water partition coefficient (Wildman–Crippen LogP) is 2.52. The first kappa shape index (κ1) is 13.9. The average molecular weight is 289 g/mol. The number of carbonyl (C=O) groups excluding carboxylic acids is 1. The van der Waals surface area contributed by atoms with E-state index < -0.39 is 18.1 Å². The van der Waals surface area contributed by atoms with Crippen molar-refractivity contribution in [2.75, 3.05) is 0 Å². The second kappa shape index (κ2) is 4.86. The summed E-state index contributed by atoms with van der Waals surface area (Å²) in [5.41, 5.74) is -2.19. The Kier molecular flexibility index (Phi) is 3.56. The van der Waals surface area contributed by atoms with Crippen LogP contribution >= 0.6 is 11.6 Å². The zero-order valence-corrected chi connectivity index (χ0v) is 10.7. The Bertz CT molecular complexity index is 533. The molecule has 0 fully saturated rings. The van der Waals surface area contributed by atoms with Gasteiger partial charge in [0.05, 0.1) is 0 Å². The van der Waals surface area contributed by atoms with Gasteiger partial charge in [-0.25, -0.2) is 8.78 Å². The molecule has 7 heteroatoms. The molecular weight excluding hydrogens is 278 g/mol. The summed E-state index contributed by atoms with van der Waals surface area (Å²) in [6.07, 6.45) is -3.48. The topological polar surface area (TPSA) is 52.9 Å². The molecule has 1 unspecified atom stereocenters. The van der Waals surface area contributed by atoms with E-state index in [4.69, 9.17) is 11.6 Å². The molecule has 0 saturated carbocycles. The quantitative estimate of drug-likeness (QED) is 0.909. The van der Waals surface area contributed by atoms with Crippen LogP contribution in [0.4, 0.5) is 8.78 Å². The van der Waals surface area contributed by atoms with Gasteiger partial charge in [-0.3, -0.25) is 4.79 Å². The Morgan fingerprint density at radius 3 is 2.58 bits per heavy atom. The summed E-state index contributed by atoms with van der Waals surface area (Å²) in [4.78, 5) is 12.1. The molecule has 0 radical (unpaired) electrons. The van der Waals surface area contributed by atoms with E-state index in [1.807, 2.05) is 0 Å². The molecular formula is C12H11ClF2N2O2. The lowest BCUT2D eigenvalue weighted by Gasteiger charge is -2.30. The highest BCUT2D eigenvalue weighted by atomic mass is 35.5. The minimum Gasteiger partial charge on any atom is -0.364 e. The third-order valence-corrected chi connectivity index (χ3v) is 3.04. The van der Waals surface area contributed by atoms with Gasteiger partial charge in [0.25, 0.3) is 12.3 Å². The monoisotopic (exact) mass is 288 g/mol. The largest absolute Gasteiger partial charge is 0.364 e. The lowest BCUT2D eigenvalue weighted by atomic mass is 10.1. The Morgan fingerprint density at radius 2 is 2.05 bits per heavy atom. The molecule has 1 amide bonds. The minimum absolute atomic E-state index is 0.127. The molecule has 2 rings (SSSR count). The Balaban J connectivity index is 2.34. The fraction of sp³-hybridized carbons (Fsp3) is 0.333. The summed E-state index contributed by atoms with van der Waals surface area (Å²) in [6, 6.07) is 5.70. The van der Waals surface area contributed by atoms with Crippen LogP contribution in [0.25, 0.3) is 0 Å². The van der Waals surface area contributed by atoms with E-state index in [0.717, 1.165) is 0 Å². The number of hydrogen-bond acceptors (Lipinski definition) is 3. The van der Waals surface area contributed by atoms with E-state index in [2.05, 4.69) is 5.10 Å². The van der Waals surface area contributed by atoms with Gasteiger partial charge in [-0.05, 0) is 31.2 Å². The van der Waals surface area contributed by atoms with Crippen molar-refractivity contribution < 1.29 is 18.7 Å². The summed E-state index contributed by atoms with van der Waals surface area (Å²) in [6.45, 7) is 1.47. The van der Waals surface area contributed by atoms with E-state index in [1.165, 1.54) is 31.2 Å². The van der Waals surface area contributed by atoms with Crippen molar-refractivity contribution in [3.8, 4) is 0 Å². The van der Waals surface area contributed by atoms with Gasteiger partial charge in [-0.15, -0.1) is 0 Å². The molecule has 102 valence electrons. The maximum atomic E-state index is 12.9. The lowest BCUT2D eigenvalue weighted by Crippen LogP contribution is -2.51. The molecule has 1 aromatic carbocycles. The predicted molar refractivity (Wildman–Crippen MR) is 66.3 cm³/mol. The van der Waals surface area contributed by atoms with Gasteiger partial charge < -0.3 is 5.11 Å². The number of hydrazone groups is 1. The number of carbonyl (C=O) groups is 1. The molecule has 1 heterocycles. The molecule has 0 spiro atoms. The van der Waals surface area contributed by atoms with E-state index in [0.29, 0.717) is 10.0 Å². The molecule has 19 heavy (non-hydrogen) atoms. The summed E-state index contributed by atoms with van der Waals surface area (Å²) in [5.74, 6) is -0.795. The number of aliphatic hydroxyl groups is 1. The maximum Gasteiger partial charge on any atom is 0.287 e. The first-order valence-corrected chi connectivity index (χ1v) is 5.87. The Labute approximate surface area is 113 Å². The second-order valence-corrected chi connectivity index (χ2v) is 4.75. The van der Waals surface area contributed by atoms with Crippen LogP contribution < -0.4 is 0 Å². The zero-order valence-electron chi connectivity index (χ0n) is 9.98. The van der Waals surface area contributed by atoms with Crippen molar-refractivity contribution in [3.05, 3.63) is 34.9 Å². The van der Waals surface area contributed by atoms with Gasteiger partial charge >= 0.3 is 0 Å². The van der Waals surface area contributed by atoms with Gasteiger partial charge in [0.2, 0.25) is 5.72 Å². The Morgan fingerprint density at radius 1 is 1.47 bits per heavy atom. The molecule has 0 saturated heterocycles. The summed E-state index contributed by atoms with van der Waals surface area (Å²) in [7, 11) is 0.